The summed E-state index contributed by atoms with van der Waals surface area (Å²) in [7, 11) is 3.50. The molecule has 0 spiro atoms. The van der Waals surface area contributed by atoms with E-state index in [1.54, 1.807) is 18.2 Å². The minimum atomic E-state index is -0.457. The molecular formula is C26H30N4O3. The highest BCUT2D eigenvalue weighted by Gasteiger charge is 2.36. The van der Waals surface area contributed by atoms with E-state index in [1.165, 1.54) is 5.56 Å². The predicted molar refractivity (Wildman–Crippen MR) is 127 cm³/mol. The number of amides is 2. The molecule has 1 aliphatic rings. The minimum Gasteiger partial charge on any atom is -0.497 e. The van der Waals surface area contributed by atoms with Gasteiger partial charge < -0.3 is 19.5 Å². The second-order valence-electron chi connectivity index (χ2n) is 8.77. The lowest BCUT2D eigenvalue weighted by Gasteiger charge is -2.22. The van der Waals surface area contributed by atoms with E-state index in [2.05, 4.69) is 30.2 Å². The van der Waals surface area contributed by atoms with Gasteiger partial charge in [0.15, 0.2) is 0 Å². The van der Waals surface area contributed by atoms with Crippen LogP contribution >= 0.6 is 0 Å². The van der Waals surface area contributed by atoms with Crippen LogP contribution in [0.15, 0.2) is 60.9 Å². The number of aryl methyl sites for hydroxylation is 1. The van der Waals surface area contributed by atoms with E-state index < -0.39 is 12.0 Å². The van der Waals surface area contributed by atoms with Crippen molar-refractivity contribution in [3.63, 3.8) is 0 Å². The summed E-state index contributed by atoms with van der Waals surface area (Å²) in [6.45, 7) is 4.60. The molecule has 2 aromatic carbocycles. The number of hydrogen-bond donors (Lipinski definition) is 1. The summed E-state index contributed by atoms with van der Waals surface area (Å²) in [5, 5.41) is 3.14. The zero-order valence-corrected chi connectivity index (χ0v) is 19.5. The number of imidazole rings is 1. The molecule has 172 valence electrons. The van der Waals surface area contributed by atoms with Crippen molar-refractivity contribution < 1.29 is 14.3 Å². The van der Waals surface area contributed by atoms with Crippen LogP contribution in [-0.2, 0) is 16.6 Å². The summed E-state index contributed by atoms with van der Waals surface area (Å²) in [5.74, 6) is 1.14. The van der Waals surface area contributed by atoms with Crippen molar-refractivity contribution in [2.45, 2.75) is 32.2 Å². The lowest BCUT2D eigenvalue weighted by molar-refractivity contribution is -0.126. The van der Waals surface area contributed by atoms with E-state index in [0.717, 1.165) is 11.3 Å². The number of carbonyl (C=O) groups excluding carboxylic acids is 2. The molecule has 2 atom stereocenters. The van der Waals surface area contributed by atoms with Crippen molar-refractivity contribution in [1.82, 2.24) is 14.9 Å². The first-order chi connectivity index (χ1) is 15.9. The van der Waals surface area contributed by atoms with Crippen LogP contribution in [-0.4, -0.2) is 35.0 Å². The van der Waals surface area contributed by atoms with Gasteiger partial charge in [-0.25, -0.2) is 4.98 Å². The van der Waals surface area contributed by atoms with Crippen LogP contribution in [0.1, 0.15) is 49.2 Å². The van der Waals surface area contributed by atoms with Crippen LogP contribution in [0.25, 0.3) is 0 Å². The number of nitrogens with one attached hydrogen (secondary N) is 1. The summed E-state index contributed by atoms with van der Waals surface area (Å²) in [5.41, 5.74) is 2.87. The van der Waals surface area contributed by atoms with E-state index in [4.69, 9.17) is 4.74 Å². The Morgan fingerprint density at radius 2 is 1.91 bits per heavy atom. The van der Waals surface area contributed by atoms with E-state index in [9.17, 15) is 9.59 Å². The van der Waals surface area contributed by atoms with Gasteiger partial charge in [-0.1, -0.05) is 38.1 Å². The maximum Gasteiger partial charge on any atom is 0.227 e. The molecule has 1 N–H and O–H groups in total. The monoisotopic (exact) mass is 446 g/mol. The topological polar surface area (TPSA) is 76.5 Å². The zero-order valence-electron chi connectivity index (χ0n) is 19.5. The molecule has 1 fully saturated rings. The van der Waals surface area contributed by atoms with Gasteiger partial charge in [0, 0.05) is 38.1 Å². The maximum absolute atomic E-state index is 13.3. The fourth-order valence-electron chi connectivity index (χ4n) is 4.22. The van der Waals surface area contributed by atoms with Crippen LogP contribution in [0.5, 0.6) is 5.75 Å². The summed E-state index contributed by atoms with van der Waals surface area (Å²) < 4.78 is 7.25. The third-order valence-corrected chi connectivity index (χ3v) is 6.17. The molecule has 0 bridgehead atoms. The average Bonchev–Trinajstić information content (AvgIpc) is 3.42. The van der Waals surface area contributed by atoms with Gasteiger partial charge in [-0.3, -0.25) is 9.59 Å². The standard InChI is InChI=1S/C26H30N4O3/c1-17(2)18-7-5-9-21(13-18)30-16-20(15-23(30)31)26(32)28-24(25-27-11-12-29(25)3)19-8-6-10-22(14-19)33-4/h5-14,17,20,24H,15-16H2,1-4H3,(H,28,32). The van der Waals surface area contributed by atoms with Gasteiger partial charge in [-0.05, 0) is 41.3 Å². The second-order valence-corrected chi connectivity index (χ2v) is 8.77. The van der Waals surface area contributed by atoms with Crippen molar-refractivity contribution in [3.8, 4) is 5.75 Å². The van der Waals surface area contributed by atoms with Gasteiger partial charge in [-0.15, -0.1) is 0 Å². The van der Waals surface area contributed by atoms with E-state index in [1.807, 2.05) is 60.3 Å². The first-order valence-corrected chi connectivity index (χ1v) is 11.2. The SMILES string of the molecule is COc1cccc(C(NC(=O)C2CC(=O)N(c3cccc(C(C)C)c3)C2)c2nccn2C)c1. The molecule has 7 heteroatoms. The first kappa shape index (κ1) is 22.6. The quantitative estimate of drug-likeness (QED) is 0.599. The molecular weight excluding hydrogens is 416 g/mol. The van der Waals surface area contributed by atoms with Crippen LogP contribution in [0.2, 0.25) is 0 Å². The largest absolute Gasteiger partial charge is 0.497 e. The Morgan fingerprint density at radius 1 is 1.15 bits per heavy atom. The highest BCUT2D eigenvalue weighted by molar-refractivity contribution is 6.00. The summed E-state index contributed by atoms with van der Waals surface area (Å²) >= 11 is 0. The Bertz CT molecular complexity index is 1150. The van der Waals surface area contributed by atoms with Crippen LogP contribution in [0.4, 0.5) is 5.69 Å². The van der Waals surface area contributed by atoms with E-state index >= 15 is 0 Å². The zero-order chi connectivity index (χ0) is 23.5. The third-order valence-electron chi connectivity index (χ3n) is 6.17. The maximum atomic E-state index is 13.3. The summed E-state index contributed by atoms with van der Waals surface area (Å²) in [4.78, 5) is 32.3. The molecule has 0 saturated carbocycles. The van der Waals surface area contributed by atoms with Gasteiger partial charge in [0.2, 0.25) is 11.8 Å². The molecule has 1 aromatic heterocycles. The van der Waals surface area contributed by atoms with Gasteiger partial charge in [-0.2, -0.15) is 0 Å². The van der Waals surface area contributed by atoms with E-state index in [-0.39, 0.29) is 18.2 Å². The minimum absolute atomic E-state index is 0.0361. The molecule has 4 rings (SSSR count). The fourth-order valence-corrected chi connectivity index (χ4v) is 4.22. The van der Waals surface area contributed by atoms with E-state index in [0.29, 0.717) is 24.0 Å². The van der Waals surface area contributed by atoms with Crippen molar-refractivity contribution in [1.29, 1.82) is 0 Å². The van der Waals surface area contributed by atoms with Gasteiger partial charge in [0.25, 0.3) is 0 Å². The van der Waals surface area contributed by atoms with Crippen LogP contribution < -0.4 is 15.0 Å². The Kier molecular flexibility index (Phi) is 6.49. The number of anilines is 1. The lowest BCUT2D eigenvalue weighted by Crippen LogP contribution is -2.37. The lowest BCUT2D eigenvalue weighted by atomic mass is 10.0. The van der Waals surface area contributed by atoms with Crippen LogP contribution in [0, 0.1) is 5.92 Å². The van der Waals surface area contributed by atoms with Gasteiger partial charge in [0.05, 0.1) is 13.0 Å². The molecule has 1 saturated heterocycles. The average molecular weight is 447 g/mol. The number of nitrogens with zero attached hydrogens (tertiary/aromatic N) is 3. The number of carbonyl (C=O) groups is 2. The first-order valence-electron chi connectivity index (χ1n) is 11.2. The number of benzene rings is 2. The molecule has 33 heavy (non-hydrogen) atoms. The van der Waals surface area contributed by atoms with Crippen molar-refractivity contribution in [2.24, 2.45) is 13.0 Å². The van der Waals surface area contributed by atoms with Gasteiger partial charge >= 0.3 is 0 Å². The Balaban J connectivity index is 1.56. The smallest absolute Gasteiger partial charge is 0.227 e. The molecule has 3 aromatic rings. The number of methoxy groups -OCH3 is 1. The summed E-state index contributed by atoms with van der Waals surface area (Å²) in [6.07, 6.45) is 3.73. The molecule has 2 unspecified atom stereocenters. The molecule has 7 nitrogen and oxygen atoms in total. The van der Waals surface area contributed by atoms with Crippen LogP contribution in [0.3, 0.4) is 0 Å². The Morgan fingerprint density at radius 3 is 2.61 bits per heavy atom. The normalized spacial score (nSPS) is 16.8. The fraction of sp³-hybridized carbons (Fsp3) is 0.346. The summed E-state index contributed by atoms with van der Waals surface area (Å²) in [6, 6.07) is 15.1. The van der Waals surface area contributed by atoms with Crippen molar-refractivity contribution in [2.75, 3.05) is 18.6 Å². The Hall–Kier alpha value is -3.61. The molecule has 0 radical (unpaired) electrons. The number of rotatable bonds is 7. The number of hydrogen-bond acceptors (Lipinski definition) is 4. The highest BCUT2D eigenvalue weighted by atomic mass is 16.5. The molecule has 0 aliphatic carbocycles. The molecule has 2 amide bonds. The molecule has 1 aliphatic heterocycles. The third kappa shape index (κ3) is 4.77. The molecule has 2 heterocycles. The Labute approximate surface area is 194 Å². The second kappa shape index (κ2) is 9.48. The predicted octanol–water partition coefficient (Wildman–Crippen LogP) is 3.81. The highest BCUT2D eigenvalue weighted by Crippen LogP contribution is 2.30. The number of ether oxygens (including phenoxy) is 1. The van der Waals surface area contributed by atoms with Crippen molar-refractivity contribution in [3.05, 3.63) is 77.9 Å². The van der Waals surface area contributed by atoms with Gasteiger partial charge in [0.1, 0.15) is 17.6 Å². The van der Waals surface area contributed by atoms with Crippen molar-refractivity contribution >= 4 is 17.5 Å². The number of aromatic nitrogens is 2.